The van der Waals surface area contributed by atoms with Gasteiger partial charge in [-0.25, -0.2) is 4.79 Å². The summed E-state index contributed by atoms with van der Waals surface area (Å²) in [6.07, 6.45) is -0.0231. The fourth-order valence-electron chi connectivity index (χ4n) is 2.44. The van der Waals surface area contributed by atoms with Crippen molar-refractivity contribution in [2.45, 2.75) is 39.4 Å². The molecular weight excluding hydrogens is 256 g/mol. The first-order valence-electron chi connectivity index (χ1n) is 6.83. The first-order chi connectivity index (χ1) is 9.49. The molecule has 2 rings (SSSR count). The maximum Gasteiger partial charge on any atom is 0.320 e. The summed E-state index contributed by atoms with van der Waals surface area (Å²) in [4.78, 5) is 26.6. The van der Waals surface area contributed by atoms with Crippen molar-refractivity contribution in [3.63, 3.8) is 0 Å². The maximum atomic E-state index is 12.5. The lowest BCUT2D eigenvalue weighted by atomic mass is 10.1. The Bertz CT molecular complexity index is 489. The molecule has 5 nitrogen and oxygen atoms in total. The van der Waals surface area contributed by atoms with E-state index in [0.717, 1.165) is 0 Å². The average molecular weight is 276 g/mol. The first-order valence-corrected chi connectivity index (χ1v) is 6.83. The van der Waals surface area contributed by atoms with Gasteiger partial charge in [-0.05, 0) is 25.0 Å². The van der Waals surface area contributed by atoms with Crippen LogP contribution in [0.4, 0.5) is 4.79 Å². The van der Waals surface area contributed by atoms with Gasteiger partial charge in [-0.3, -0.25) is 4.79 Å². The highest BCUT2D eigenvalue weighted by atomic mass is 16.4. The highest BCUT2D eigenvalue weighted by molar-refractivity contribution is 5.76. The van der Waals surface area contributed by atoms with E-state index in [-0.39, 0.29) is 25.0 Å². The number of carboxylic acids is 1. The zero-order valence-electron chi connectivity index (χ0n) is 11.9. The summed E-state index contributed by atoms with van der Waals surface area (Å²) >= 11 is 0. The van der Waals surface area contributed by atoms with E-state index in [1.54, 1.807) is 9.80 Å². The van der Waals surface area contributed by atoms with Crippen LogP contribution >= 0.6 is 0 Å². The van der Waals surface area contributed by atoms with Gasteiger partial charge < -0.3 is 14.9 Å². The van der Waals surface area contributed by atoms with Crippen LogP contribution in [0.2, 0.25) is 0 Å². The number of fused-ring (bicyclic) bond motifs is 1. The minimum atomic E-state index is -0.881. The van der Waals surface area contributed by atoms with Crippen molar-refractivity contribution < 1.29 is 14.7 Å². The Morgan fingerprint density at radius 3 is 2.25 bits per heavy atom. The van der Waals surface area contributed by atoms with Crippen molar-refractivity contribution in [2.75, 3.05) is 6.54 Å². The van der Waals surface area contributed by atoms with Crippen molar-refractivity contribution in [3.05, 3.63) is 35.4 Å². The number of carbonyl (C=O) groups is 2. The highest BCUT2D eigenvalue weighted by Gasteiger charge is 2.28. The Labute approximate surface area is 118 Å². The van der Waals surface area contributed by atoms with Crippen LogP contribution in [0.1, 0.15) is 31.4 Å². The summed E-state index contributed by atoms with van der Waals surface area (Å²) in [6, 6.07) is 7.90. The van der Waals surface area contributed by atoms with Crippen molar-refractivity contribution in [3.8, 4) is 0 Å². The molecule has 0 fully saturated rings. The van der Waals surface area contributed by atoms with Crippen LogP contribution in [-0.4, -0.2) is 39.5 Å². The fraction of sp³-hybridized carbons (Fsp3) is 0.467. The maximum absolute atomic E-state index is 12.5. The predicted octanol–water partition coefficient (Wildman–Crippen LogP) is 2.31. The largest absolute Gasteiger partial charge is 0.481 e. The van der Waals surface area contributed by atoms with E-state index in [1.807, 2.05) is 38.1 Å². The molecule has 1 aromatic rings. The Hall–Kier alpha value is -2.04. The van der Waals surface area contributed by atoms with E-state index in [1.165, 1.54) is 11.1 Å². The minimum Gasteiger partial charge on any atom is -0.481 e. The van der Waals surface area contributed by atoms with Crippen molar-refractivity contribution in [1.29, 1.82) is 0 Å². The zero-order valence-corrected chi connectivity index (χ0v) is 11.9. The smallest absolute Gasteiger partial charge is 0.320 e. The summed E-state index contributed by atoms with van der Waals surface area (Å²) in [6.45, 7) is 5.27. The molecule has 0 radical (unpaired) electrons. The highest BCUT2D eigenvalue weighted by Crippen LogP contribution is 2.23. The molecule has 108 valence electrons. The first kappa shape index (κ1) is 14.4. The second-order valence-corrected chi connectivity index (χ2v) is 5.34. The molecule has 0 bridgehead atoms. The fourth-order valence-corrected chi connectivity index (χ4v) is 2.44. The van der Waals surface area contributed by atoms with Crippen LogP contribution in [0.3, 0.4) is 0 Å². The Morgan fingerprint density at radius 2 is 1.80 bits per heavy atom. The van der Waals surface area contributed by atoms with Gasteiger partial charge in [-0.1, -0.05) is 24.3 Å². The van der Waals surface area contributed by atoms with Gasteiger partial charge in [0, 0.05) is 25.7 Å². The molecule has 0 saturated carbocycles. The third-order valence-corrected chi connectivity index (χ3v) is 3.55. The van der Waals surface area contributed by atoms with Crippen LogP contribution in [0, 0.1) is 0 Å². The normalized spacial score (nSPS) is 13.4. The predicted molar refractivity (Wildman–Crippen MR) is 75.2 cm³/mol. The van der Waals surface area contributed by atoms with E-state index < -0.39 is 5.97 Å². The average Bonchev–Trinajstić information content (AvgIpc) is 2.81. The molecule has 2 amide bonds. The molecule has 1 aliphatic heterocycles. The molecule has 0 spiro atoms. The molecule has 0 saturated heterocycles. The number of hydrogen-bond donors (Lipinski definition) is 1. The summed E-state index contributed by atoms with van der Waals surface area (Å²) in [5.41, 5.74) is 2.34. The van der Waals surface area contributed by atoms with Gasteiger partial charge in [-0.15, -0.1) is 0 Å². The van der Waals surface area contributed by atoms with Crippen LogP contribution in [0.5, 0.6) is 0 Å². The molecule has 20 heavy (non-hydrogen) atoms. The van der Waals surface area contributed by atoms with E-state index in [9.17, 15) is 9.59 Å². The standard InChI is InChI=1S/C15H20N2O3/c1-11(2)17(8-7-14(18)19)15(20)16-9-12-5-3-4-6-13(12)10-16/h3-6,11H,7-10H2,1-2H3,(H,18,19). The number of rotatable bonds is 4. The van der Waals surface area contributed by atoms with Crippen molar-refractivity contribution in [2.24, 2.45) is 0 Å². The van der Waals surface area contributed by atoms with E-state index in [4.69, 9.17) is 5.11 Å². The molecule has 0 unspecified atom stereocenters. The number of aliphatic carboxylic acids is 1. The molecule has 0 aliphatic carbocycles. The van der Waals surface area contributed by atoms with Crippen LogP contribution in [-0.2, 0) is 17.9 Å². The number of amides is 2. The molecule has 1 aromatic carbocycles. The van der Waals surface area contributed by atoms with Gasteiger partial charge in [0.2, 0.25) is 0 Å². The lowest BCUT2D eigenvalue weighted by Gasteiger charge is -2.30. The number of hydrogen-bond acceptors (Lipinski definition) is 2. The van der Waals surface area contributed by atoms with Gasteiger partial charge in [0.15, 0.2) is 0 Å². The summed E-state index contributed by atoms with van der Waals surface area (Å²) < 4.78 is 0. The third kappa shape index (κ3) is 3.10. The second kappa shape index (κ2) is 5.94. The van der Waals surface area contributed by atoms with Gasteiger partial charge in [0.05, 0.1) is 6.42 Å². The number of nitrogens with zero attached hydrogens (tertiary/aromatic N) is 2. The Balaban J connectivity index is 2.04. The molecular formula is C15H20N2O3. The van der Waals surface area contributed by atoms with Crippen molar-refractivity contribution >= 4 is 12.0 Å². The van der Waals surface area contributed by atoms with E-state index >= 15 is 0 Å². The third-order valence-electron chi connectivity index (χ3n) is 3.55. The number of carbonyl (C=O) groups excluding carboxylic acids is 1. The lowest BCUT2D eigenvalue weighted by Crippen LogP contribution is -2.45. The molecule has 0 aromatic heterocycles. The van der Waals surface area contributed by atoms with Gasteiger partial charge in [-0.2, -0.15) is 0 Å². The Kier molecular flexibility index (Phi) is 4.27. The lowest BCUT2D eigenvalue weighted by molar-refractivity contribution is -0.137. The summed E-state index contributed by atoms with van der Waals surface area (Å²) in [5, 5.41) is 8.78. The van der Waals surface area contributed by atoms with Gasteiger partial charge in [0.25, 0.3) is 0 Å². The van der Waals surface area contributed by atoms with Crippen molar-refractivity contribution in [1.82, 2.24) is 9.80 Å². The molecule has 1 heterocycles. The van der Waals surface area contributed by atoms with E-state index in [2.05, 4.69) is 0 Å². The minimum absolute atomic E-state index is 0.00874. The monoisotopic (exact) mass is 276 g/mol. The molecule has 0 atom stereocenters. The molecule has 1 N–H and O–H groups in total. The summed E-state index contributed by atoms with van der Waals surface area (Å²) in [7, 11) is 0. The Morgan fingerprint density at radius 1 is 1.25 bits per heavy atom. The quantitative estimate of drug-likeness (QED) is 0.918. The number of urea groups is 1. The molecule has 1 aliphatic rings. The molecule has 5 heteroatoms. The summed E-state index contributed by atoms with van der Waals surface area (Å²) in [5.74, 6) is -0.881. The number of carboxylic acid groups (broad SMARTS) is 1. The van der Waals surface area contributed by atoms with E-state index in [0.29, 0.717) is 13.1 Å². The topological polar surface area (TPSA) is 60.9 Å². The number of benzene rings is 1. The van der Waals surface area contributed by atoms with Crippen LogP contribution in [0.25, 0.3) is 0 Å². The van der Waals surface area contributed by atoms with Gasteiger partial charge in [0.1, 0.15) is 0 Å². The van der Waals surface area contributed by atoms with Crippen LogP contribution < -0.4 is 0 Å². The second-order valence-electron chi connectivity index (χ2n) is 5.34. The van der Waals surface area contributed by atoms with Gasteiger partial charge >= 0.3 is 12.0 Å². The SMILES string of the molecule is CC(C)N(CCC(=O)O)C(=O)N1Cc2ccccc2C1. The van der Waals surface area contributed by atoms with Crippen LogP contribution in [0.15, 0.2) is 24.3 Å². The zero-order chi connectivity index (χ0) is 14.7.